The molecule has 0 saturated heterocycles. The quantitative estimate of drug-likeness (QED) is 0.911. The van der Waals surface area contributed by atoms with Crippen molar-refractivity contribution in [3.63, 3.8) is 0 Å². The Morgan fingerprint density at radius 3 is 2.71 bits per heavy atom. The Bertz CT molecular complexity index is 510. The van der Waals surface area contributed by atoms with Crippen LogP contribution in [0.2, 0.25) is 5.02 Å². The molecule has 0 amide bonds. The second-order valence-corrected chi connectivity index (χ2v) is 4.91. The van der Waals surface area contributed by atoms with Crippen LogP contribution >= 0.6 is 27.5 Å². The van der Waals surface area contributed by atoms with Gasteiger partial charge in [-0.3, -0.25) is 0 Å². The zero-order valence-electron chi connectivity index (χ0n) is 9.21. The highest BCUT2D eigenvalue weighted by Gasteiger charge is 2.07. The van der Waals surface area contributed by atoms with Crippen molar-refractivity contribution in [1.29, 1.82) is 0 Å². The van der Waals surface area contributed by atoms with Crippen LogP contribution in [0.4, 0.5) is 0 Å². The minimum absolute atomic E-state index is 0.421. The minimum atomic E-state index is 0.421. The highest BCUT2D eigenvalue weighted by atomic mass is 79.9. The molecule has 0 unspecified atom stereocenters. The lowest BCUT2D eigenvalue weighted by molar-refractivity contribution is 0.894. The molecule has 1 aromatic carbocycles. The zero-order chi connectivity index (χ0) is 12.3. The van der Waals surface area contributed by atoms with Crippen molar-refractivity contribution in [2.24, 2.45) is 5.73 Å². The standard InChI is InChI=1S/C12H13BrClN3/c13-12-10(16-11(7-15)17-12)6-5-8-3-1-2-4-9(8)14/h1-4H,5-7,15H2,(H,16,17). The molecule has 0 bridgehead atoms. The predicted molar refractivity (Wildman–Crippen MR) is 73.0 cm³/mol. The van der Waals surface area contributed by atoms with Gasteiger partial charge in [0.2, 0.25) is 0 Å². The summed E-state index contributed by atoms with van der Waals surface area (Å²) in [5.74, 6) is 0.797. The van der Waals surface area contributed by atoms with Crippen LogP contribution in [0.1, 0.15) is 17.1 Å². The molecule has 1 aromatic heterocycles. The predicted octanol–water partition coefficient (Wildman–Crippen LogP) is 3.07. The molecule has 0 atom stereocenters. The summed E-state index contributed by atoms with van der Waals surface area (Å²) in [6.07, 6.45) is 1.74. The third kappa shape index (κ3) is 3.09. The number of nitrogens with one attached hydrogen (secondary N) is 1. The summed E-state index contributed by atoms with van der Waals surface area (Å²) >= 11 is 9.52. The fraction of sp³-hybridized carbons (Fsp3) is 0.250. The van der Waals surface area contributed by atoms with Gasteiger partial charge < -0.3 is 10.7 Å². The lowest BCUT2D eigenvalue weighted by atomic mass is 10.1. The number of rotatable bonds is 4. The molecule has 3 nitrogen and oxygen atoms in total. The van der Waals surface area contributed by atoms with Crippen molar-refractivity contribution >= 4 is 27.5 Å². The summed E-state index contributed by atoms with van der Waals surface area (Å²) in [6.45, 7) is 0.421. The molecule has 0 aliphatic rings. The summed E-state index contributed by atoms with van der Waals surface area (Å²) in [5.41, 5.74) is 7.73. The monoisotopic (exact) mass is 313 g/mol. The van der Waals surface area contributed by atoms with Crippen LogP contribution in [0.15, 0.2) is 28.9 Å². The molecule has 2 aromatic rings. The van der Waals surface area contributed by atoms with Crippen molar-refractivity contribution < 1.29 is 0 Å². The van der Waals surface area contributed by atoms with Gasteiger partial charge in [0.1, 0.15) is 10.4 Å². The fourth-order valence-electron chi connectivity index (χ4n) is 1.66. The van der Waals surface area contributed by atoms with Gasteiger partial charge in [0.05, 0.1) is 6.54 Å². The number of hydrogen-bond donors (Lipinski definition) is 2. The summed E-state index contributed by atoms with van der Waals surface area (Å²) in [7, 11) is 0. The maximum Gasteiger partial charge on any atom is 0.127 e. The van der Waals surface area contributed by atoms with Crippen LogP contribution in [0.3, 0.4) is 0 Å². The smallest absolute Gasteiger partial charge is 0.127 e. The number of aryl methyl sites for hydroxylation is 2. The van der Waals surface area contributed by atoms with E-state index >= 15 is 0 Å². The van der Waals surface area contributed by atoms with E-state index in [1.54, 1.807) is 0 Å². The first-order chi connectivity index (χ1) is 8.20. The minimum Gasteiger partial charge on any atom is -0.344 e. The number of halogens is 2. The van der Waals surface area contributed by atoms with E-state index in [1.165, 1.54) is 0 Å². The van der Waals surface area contributed by atoms with E-state index < -0.39 is 0 Å². The average Bonchev–Trinajstić information content (AvgIpc) is 2.69. The number of benzene rings is 1. The number of imidazole rings is 1. The Morgan fingerprint density at radius 1 is 1.29 bits per heavy atom. The summed E-state index contributed by atoms with van der Waals surface area (Å²) in [6, 6.07) is 7.87. The number of H-pyrrole nitrogens is 1. The third-order valence-corrected chi connectivity index (χ3v) is 3.60. The Balaban J connectivity index is 2.07. The second-order valence-electron chi connectivity index (χ2n) is 3.75. The van der Waals surface area contributed by atoms with Crippen LogP contribution in [-0.4, -0.2) is 9.97 Å². The molecule has 0 aliphatic heterocycles. The number of aromatic amines is 1. The molecule has 0 saturated carbocycles. The van der Waals surface area contributed by atoms with E-state index in [-0.39, 0.29) is 0 Å². The molecular weight excluding hydrogens is 302 g/mol. The first-order valence-electron chi connectivity index (χ1n) is 5.37. The Labute approximate surface area is 114 Å². The lowest BCUT2D eigenvalue weighted by Crippen LogP contribution is -1.98. The Morgan fingerprint density at radius 2 is 2.06 bits per heavy atom. The van der Waals surface area contributed by atoms with Gasteiger partial charge in [0, 0.05) is 10.7 Å². The van der Waals surface area contributed by atoms with E-state index in [9.17, 15) is 0 Å². The first-order valence-corrected chi connectivity index (χ1v) is 6.54. The molecule has 0 aliphatic carbocycles. The normalized spacial score (nSPS) is 10.8. The first kappa shape index (κ1) is 12.6. The van der Waals surface area contributed by atoms with Gasteiger partial charge in [-0.2, -0.15) is 0 Å². The maximum absolute atomic E-state index is 6.11. The van der Waals surface area contributed by atoms with Crippen LogP contribution in [0, 0.1) is 0 Å². The zero-order valence-corrected chi connectivity index (χ0v) is 11.6. The Kier molecular flexibility index (Phi) is 4.20. The van der Waals surface area contributed by atoms with Crippen molar-refractivity contribution in [1.82, 2.24) is 9.97 Å². The van der Waals surface area contributed by atoms with Gasteiger partial charge in [0.25, 0.3) is 0 Å². The number of nitrogens with two attached hydrogens (primary N) is 1. The van der Waals surface area contributed by atoms with Crippen LogP contribution < -0.4 is 5.73 Å². The molecule has 2 rings (SSSR count). The van der Waals surface area contributed by atoms with Crippen molar-refractivity contribution in [3.8, 4) is 0 Å². The van der Waals surface area contributed by atoms with Gasteiger partial charge in [-0.25, -0.2) is 4.98 Å². The van der Waals surface area contributed by atoms with Crippen molar-refractivity contribution in [2.45, 2.75) is 19.4 Å². The molecule has 90 valence electrons. The third-order valence-electron chi connectivity index (χ3n) is 2.57. The van der Waals surface area contributed by atoms with Crippen LogP contribution in [0.25, 0.3) is 0 Å². The van der Waals surface area contributed by atoms with Gasteiger partial charge in [-0.15, -0.1) is 0 Å². The van der Waals surface area contributed by atoms with Crippen molar-refractivity contribution in [2.75, 3.05) is 0 Å². The topological polar surface area (TPSA) is 54.7 Å². The molecule has 0 radical (unpaired) electrons. The van der Waals surface area contributed by atoms with E-state index in [2.05, 4.69) is 25.9 Å². The van der Waals surface area contributed by atoms with Crippen LogP contribution in [0.5, 0.6) is 0 Å². The van der Waals surface area contributed by atoms with Gasteiger partial charge in [-0.1, -0.05) is 29.8 Å². The molecule has 0 fully saturated rings. The largest absolute Gasteiger partial charge is 0.344 e. The number of hydrogen-bond acceptors (Lipinski definition) is 2. The molecule has 5 heteroatoms. The summed E-state index contributed by atoms with van der Waals surface area (Å²) < 4.78 is 0.838. The SMILES string of the molecule is NCc1nc(Br)c(CCc2ccccc2Cl)[nH]1. The fourth-order valence-corrected chi connectivity index (χ4v) is 2.40. The van der Waals surface area contributed by atoms with E-state index in [1.807, 2.05) is 24.3 Å². The summed E-state index contributed by atoms with van der Waals surface area (Å²) in [5, 5.41) is 0.808. The van der Waals surface area contributed by atoms with Crippen LogP contribution in [-0.2, 0) is 19.4 Å². The molecule has 3 N–H and O–H groups in total. The Hall–Kier alpha value is -0.840. The number of nitrogens with zero attached hydrogens (tertiary/aromatic N) is 1. The lowest BCUT2D eigenvalue weighted by Gasteiger charge is -2.02. The molecule has 17 heavy (non-hydrogen) atoms. The molecule has 1 heterocycles. The highest BCUT2D eigenvalue weighted by Crippen LogP contribution is 2.20. The van der Waals surface area contributed by atoms with Gasteiger partial charge in [0.15, 0.2) is 0 Å². The molecular formula is C12H13BrClN3. The second kappa shape index (κ2) is 5.67. The maximum atomic E-state index is 6.11. The molecule has 0 spiro atoms. The highest BCUT2D eigenvalue weighted by molar-refractivity contribution is 9.10. The van der Waals surface area contributed by atoms with Crippen molar-refractivity contribution in [3.05, 3.63) is 51.0 Å². The summed E-state index contributed by atoms with van der Waals surface area (Å²) in [4.78, 5) is 7.46. The van der Waals surface area contributed by atoms with E-state index in [0.29, 0.717) is 6.54 Å². The van der Waals surface area contributed by atoms with E-state index in [0.717, 1.165) is 39.5 Å². The van der Waals surface area contributed by atoms with E-state index in [4.69, 9.17) is 17.3 Å². The van der Waals surface area contributed by atoms with Gasteiger partial charge >= 0.3 is 0 Å². The average molecular weight is 315 g/mol. The van der Waals surface area contributed by atoms with Gasteiger partial charge in [-0.05, 0) is 40.4 Å². The number of aromatic nitrogens is 2.